The molecule has 0 spiro atoms. The summed E-state index contributed by atoms with van der Waals surface area (Å²) in [4.78, 5) is 20.2. The molecule has 1 aromatic carbocycles. The van der Waals surface area contributed by atoms with E-state index in [1.807, 2.05) is 0 Å². The number of nitrogens with one attached hydrogen (secondary N) is 1. The van der Waals surface area contributed by atoms with Crippen LogP contribution in [0.2, 0.25) is 0 Å². The minimum Gasteiger partial charge on any atom is -0.480 e. The Balaban J connectivity index is 3.40. The fourth-order valence-corrected chi connectivity index (χ4v) is 2.97. The highest BCUT2D eigenvalue weighted by Crippen LogP contribution is 2.27. The molecule has 0 aromatic heterocycles. The first-order valence-electron chi connectivity index (χ1n) is 5.71. The average Bonchev–Trinajstić information content (AvgIpc) is 2.37. The number of carbonyl (C=O) groups is 1. The molecule has 0 fully saturated rings. The Hall–Kier alpha value is -2.04. The van der Waals surface area contributed by atoms with Gasteiger partial charge >= 0.3 is 5.97 Å². The number of benzene rings is 1. The number of carboxylic acid groups (broad SMARTS) is 1. The van der Waals surface area contributed by atoms with E-state index < -0.39 is 44.1 Å². The van der Waals surface area contributed by atoms with Gasteiger partial charge in [0.05, 0.1) is 11.5 Å². The number of aliphatic hydroxyl groups excluding tert-OH is 1. The number of nitrogens with zero attached hydrogens (tertiary/aromatic N) is 1. The highest BCUT2D eigenvalue weighted by molar-refractivity contribution is 7.89. The normalized spacial score (nSPS) is 12.9. The molecule has 0 saturated carbocycles. The summed E-state index contributed by atoms with van der Waals surface area (Å²) >= 11 is 0. The number of aryl methyl sites for hydroxylation is 2. The Morgan fingerprint density at radius 3 is 2.33 bits per heavy atom. The van der Waals surface area contributed by atoms with E-state index in [0.717, 1.165) is 12.1 Å². The first kappa shape index (κ1) is 17.0. The molecule has 1 unspecified atom stereocenters. The molecule has 0 amide bonds. The van der Waals surface area contributed by atoms with Crippen LogP contribution in [0.25, 0.3) is 0 Å². The lowest BCUT2D eigenvalue weighted by Gasteiger charge is -2.13. The van der Waals surface area contributed by atoms with Crippen molar-refractivity contribution >= 4 is 21.7 Å². The summed E-state index contributed by atoms with van der Waals surface area (Å²) in [6.07, 6.45) is 0. The summed E-state index contributed by atoms with van der Waals surface area (Å²) in [6.45, 7) is 2.17. The Morgan fingerprint density at radius 1 is 1.38 bits per heavy atom. The number of carboxylic acids is 1. The largest absolute Gasteiger partial charge is 0.480 e. The van der Waals surface area contributed by atoms with Gasteiger partial charge in [0.15, 0.2) is 4.90 Å². The average molecular weight is 318 g/mol. The molecule has 0 aliphatic carbocycles. The molecule has 0 saturated heterocycles. The number of nitro benzene ring substituents is 1. The lowest BCUT2D eigenvalue weighted by molar-refractivity contribution is -0.387. The molecule has 9 nitrogen and oxygen atoms in total. The van der Waals surface area contributed by atoms with E-state index in [-0.39, 0.29) is 0 Å². The summed E-state index contributed by atoms with van der Waals surface area (Å²) in [5.41, 5.74) is 0.363. The van der Waals surface area contributed by atoms with E-state index >= 15 is 0 Å². The van der Waals surface area contributed by atoms with Gasteiger partial charge in [-0.25, -0.2) is 8.42 Å². The van der Waals surface area contributed by atoms with E-state index in [0.29, 0.717) is 11.1 Å². The molecule has 1 atom stereocenters. The number of aliphatic hydroxyl groups is 1. The third kappa shape index (κ3) is 3.74. The fourth-order valence-electron chi connectivity index (χ4n) is 1.55. The lowest BCUT2D eigenvalue weighted by atomic mass is 10.1. The fraction of sp³-hybridized carbons (Fsp3) is 0.364. The minimum absolute atomic E-state index is 0.497. The van der Waals surface area contributed by atoms with Gasteiger partial charge in [-0.1, -0.05) is 0 Å². The van der Waals surface area contributed by atoms with Gasteiger partial charge < -0.3 is 10.2 Å². The van der Waals surface area contributed by atoms with Crippen molar-refractivity contribution in [2.75, 3.05) is 6.61 Å². The van der Waals surface area contributed by atoms with Crippen molar-refractivity contribution in [2.24, 2.45) is 0 Å². The van der Waals surface area contributed by atoms with Gasteiger partial charge in [0.2, 0.25) is 10.0 Å². The van der Waals surface area contributed by atoms with Crippen molar-refractivity contribution in [1.82, 2.24) is 4.72 Å². The summed E-state index contributed by atoms with van der Waals surface area (Å²) < 4.78 is 25.9. The summed E-state index contributed by atoms with van der Waals surface area (Å²) in [6, 6.07) is 0.404. The van der Waals surface area contributed by atoms with Crippen LogP contribution in [0.4, 0.5) is 5.69 Å². The second-order valence-electron chi connectivity index (χ2n) is 4.36. The molecule has 116 valence electrons. The molecule has 1 aromatic rings. The van der Waals surface area contributed by atoms with Gasteiger partial charge in [-0.2, -0.15) is 4.72 Å². The summed E-state index contributed by atoms with van der Waals surface area (Å²) in [5.74, 6) is -1.59. The van der Waals surface area contributed by atoms with Crippen molar-refractivity contribution in [1.29, 1.82) is 0 Å². The smallest absolute Gasteiger partial charge is 0.324 e. The van der Waals surface area contributed by atoms with Gasteiger partial charge in [0.25, 0.3) is 5.69 Å². The first-order valence-corrected chi connectivity index (χ1v) is 7.20. The Bertz CT molecular complexity index is 684. The molecular formula is C11H14N2O7S. The molecular weight excluding hydrogens is 304 g/mol. The van der Waals surface area contributed by atoms with Crippen LogP contribution in [0.1, 0.15) is 11.1 Å². The number of rotatable bonds is 6. The van der Waals surface area contributed by atoms with Crippen LogP contribution in [0.3, 0.4) is 0 Å². The molecule has 0 aliphatic rings. The maximum atomic E-state index is 12.1. The maximum Gasteiger partial charge on any atom is 0.324 e. The van der Waals surface area contributed by atoms with Crippen LogP contribution in [-0.2, 0) is 14.8 Å². The van der Waals surface area contributed by atoms with Crippen LogP contribution >= 0.6 is 0 Å². The van der Waals surface area contributed by atoms with Crippen molar-refractivity contribution < 1.29 is 28.3 Å². The predicted molar refractivity (Wildman–Crippen MR) is 71.4 cm³/mol. The second kappa shape index (κ2) is 6.16. The van der Waals surface area contributed by atoms with E-state index in [2.05, 4.69) is 0 Å². The van der Waals surface area contributed by atoms with E-state index in [1.165, 1.54) is 0 Å². The van der Waals surface area contributed by atoms with Gasteiger partial charge in [-0.05, 0) is 31.0 Å². The van der Waals surface area contributed by atoms with Gasteiger partial charge in [-0.3, -0.25) is 14.9 Å². The Kier molecular flexibility index (Phi) is 4.99. The topological polar surface area (TPSA) is 147 Å². The van der Waals surface area contributed by atoms with Crippen LogP contribution in [0, 0.1) is 24.0 Å². The van der Waals surface area contributed by atoms with Crippen LogP contribution in [0.5, 0.6) is 0 Å². The van der Waals surface area contributed by atoms with E-state index in [4.69, 9.17) is 10.2 Å². The summed E-state index contributed by atoms with van der Waals surface area (Å²) in [5, 5.41) is 28.6. The van der Waals surface area contributed by atoms with Crippen molar-refractivity contribution in [3.05, 3.63) is 33.4 Å². The summed E-state index contributed by atoms with van der Waals surface area (Å²) in [7, 11) is -4.46. The number of hydrogen-bond acceptors (Lipinski definition) is 6. The third-order valence-electron chi connectivity index (χ3n) is 2.84. The monoisotopic (exact) mass is 318 g/mol. The van der Waals surface area contributed by atoms with Crippen molar-refractivity contribution in [2.45, 2.75) is 24.8 Å². The molecule has 21 heavy (non-hydrogen) atoms. The SMILES string of the molecule is Cc1cc([N+](=O)[O-])c(S(=O)(=O)NC(CO)C(=O)O)cc1C. The van der Waals surface area contributed by atoms with Crippen LogP contribution < -0.4 is 4.72 Å². The molecule has 0 radical (unpaired) electrons. The van der Waals surface area contributed by atoms with Crippen molar-refractivity contribution in [3.8, 4) is 0 Å². The molecule has 1 rings (SSSR count). The molecule has 0 heterocycles. The molecule has 0 aliphatic heterocycles. The number of hydrogen-bond donors (Lipinski definition) is 3. The van der Waals surface area contributed by atoms with Gasteiger partial charge in [-0.15, -0.1) is 0 Å². The van der Waals surface area contributed by atoms with E-state index in [1.54, 1.807) is 18.6 Å². The van der Waals surface area contributed by atoms with Crippen LogP contribution in [-0.4, -0.2) is 42.2 Å². The van der Waals surface area contributed by atoms with Crippen molar-refractivity contribution in [3.63, 3.8) is 0 Å². The Morgan fingerprint density at radius 2 is 1.90 bits per heavy atom. The number of nitro groups is 1. The standard InChI is InChI=1S/C11H14N2O7S/c1-6-3-9(13(17)18)10(4-7(6)2)21(19,20)12-8(5-14)11(15)16/h3-4,8,12,14H,5H2,1-2H3,(H,15,16). The number of sulfonamides is 1. The molecule has 0 bridgehead atoms. The highest BCUT2D eigenvalue weighted by atomic mass is 32.2. The quantitative estimate of drug-likeness (QED) is 0.491. The minimum atomic E-state index is -4.46. The maximum absolute atomic E-state index is 12.1. The third-order valence-corrected chi connectivity index (χ3v) is 4.34. The van der Waals surface area contributed by atoms with Gasteiger partial charge in [0.1, 0.15) is 6.04 Å². The first-order chi connectivity index (χ1) is 9.60. The van der Waals surface area contributed by atoms with Gasteiger partial charge in [0, 0.05) is 6.07 Å². The Labute approximate surface area is 120 Å². The zero-order valence-electron chi connectivity index (χ0n) is 11.2. The second-order valence-corrected chi connectivity index (χ2v) is 6.04. The van der Waals surface area contributed by atoms with E-state index in [9.17, 15) is 23.3 Å². The lowest BCUT2D eigenvalue weighted by Crippen LogP contribution is -2.43. The zero-order valence-corrected chi connectivity index (χ0v) is 12.0. The van der Waals surface area contributed by atoms with Crippen LogP contribution in [0.15, 0.2) is 17.0 Å². The molecule has 10 heteroatoms. The zero-order chi connectivity index (χ0) is 16.4. The molecule has 3 N–H and O–H groups in total. The number of aliphatic carboxylic acids is 1. The predicted octanol–water partition coefficient (Wildman–Crippen LogP) is -0.0646. The highest BCUT2D eigenvalue weighted by Gasteiger charge is 2.31.